The summed E-state index contributed by atoms with van der Waals surface area (Å²) >= 11 is 0.148. The molecule has 0 aliphatic heterocycles. The second-order valence-electron chi connectivity index (χ2n) is 21.0. The zero-order chi connectivity index (χ0) is 51.7. The molecule has 3 heterocycles. The van der Waals surface area contributed by atoms with Crippen LogP contribution in [-0.4, -0.2) is 23.6 Å². The van der Waals surface area contributed by atoms with Gasteiger partial charge in [0.15, 0.2) is 0 Å². The molecule has 17 aromatic rings. The first kappa shape index (κ1) is 44.4. The van der Waals surface area contributed by atoms with Crippen LogP contribution >= 0.6 is 0 Å². The average Bonchev–Trinajstić information content (AvgIpc) is 4.25. The molecule has 79 heavy (non-hydrogen) atoms. The summed E-state index contributed by atoms with van der Waals surface area (Å²) in [5.74, 6) is 0. The van der Waals surface area contributed by atoms with E-state index in [4.69, 9.17) is 0 Å². The molecular weight excluding hydrogens is 1020 g/mol. The number of nitrogens with zero attached hydrogens (tertiary/aromatic N) is 2. The molecule has 0 fully saturated rings. The number of para-hydroxylation sites is 4. The Kier molecular flexibility index (Phi) is 9.76. The summed E-state index contributed by atoms with van der Waals surface area (Å²) < 4.78 is 7.67. The molecule has 0 aliphatic rings. The monoisotopic (exact) mass is 1070 g/mol. The third-order valence-corrected chi connectivity index (χ3v) is 19.3. The summed E-state index contributed by atoms with van der Waals surface area (Å²) in [6.07, 6.45) is 0. The Morgan fingerprint density at radius 3 is 0.987 bits per heavy atom. The standard InChI is InChI=1S/C76H46N2Se/c1-3-20-50(21-4-1)77-66-35-17-15-24-52(66)63-44-47(38-41-68(63)77)72-54-26-7-9-28-56(54)74(57-29-10-8-27-55(57)72)49-40-43-70-65(46-49)76-62(34-19-37-71(76)79-70)75-60-32-13-11-30-58(60)73(59-31-12-14-33-61(59)75)48-39-42-69-64(45-48)53-25-16-18-36-67(53)78(69)51-22-5-2-6-23-51/h1-46H. The van der Waals surface area contributed by atoms with Crippen LogP contribution in [-0.2, 0) is 0 Å². The number of rotatable bonds is 6. The van der Waals surface area contributed by atoms with Crippen molar-refractivity contribution in [3.05, 3.63) is 279 Å². The van der Waals surface area contributed by atoms with Gasteiger partial charge in [0.1, 0.15) is 0 Å². The molecule has 2 nitrogen and oxygen atoms in total. The summed E-state index contributed by atoms with van der Waals surface area (Å²) in [6, 6.07) is 104. The van der Waals surface area contributed by atoms with E-state index in [9.17, 15) is 0 Å². The number of fused-ring (bicyclic) bond motifs is 13. The van der Waals surface area contributed by atoms with Gasteiger partial charge in [-0.25, -0.2) is 0 Å². The van der Waals surface area contributed by atoms with Crippen molar-refractivity contribution in [1.82, 2.24) is 9.13 Å². The molecule has 0 N–H and O–H groups in total. The van der Waals surface area contributed by atoms with E-state index in [1.54, 1.807) is 0 Å². The Balaban J connectivity index is 0.867. The zero-order valence-corrected chi connectivity index (χ0v) is 44.6. The topological polar surface area (TPSA) is 9.86 Å². The van der Waals surface area contributed by atoms with Crippen LogP contribution in [0.5, 0.6) is 0 Å². The first-order chi connectivity index (χ1) is 39.2. The molecule has 0 saturated heterocycles. The summed E-state index contributed by atoms with van der Waals surface area (Å²) in [6.45, 7) is 0. The van der Waals surface area contributed by atoms with E-state index in [-0.39, 0.29) is 14.5 Å². The molecule has 3 aromatic heterocycles. The van der Waals surface area contributed by atoms with Gasteiger partial charge in [0.25, 0.3) is 0 Å². The maximum absolute atomic E-state index is 2.53. The van der Waals surface area contributed by atoms with Crippen molar-refractivity contribution in [3.63, 3.8) is 0 Å². The van der Waals surface area contributed by atoms with Gasteiger partial charge in [-0.1, -0.05) is 66.7 Å². The summed E-state index contributed by atoms with van der Waals surface area (Å²) in [4.78, 5) is 0. The average molecular weight is 1070 g/mol. The van der Waals surface area contributed by atoms with Gasteiger partial charge in [0.2, 0.25) is 0 Å². The molecule has 3 heteroatoms. The van der Waals surface area contributed by atoms with E-state index in [0.29, 0.717) is 0 Å². The van der Waals surface area contributed by atoms with Gasteiger partial charge >= 0.3 is 340 Å². The molecule has 14 aromatic carbocycles. The fourth-order valence-electron chi connectivity index (χ4n) is 13.6. The van der Waals surface area contributed by atoms with Crippen molar-refractivity contribution in [2.75, 3.05) is 0 Å². The first-order valence-corrected chi connectivity index (χ1v) is 29.0. The summed E-state index contributed by atoms with van der Waals surface area (Å²) in [5, 5.41) is 17.8. The van der Waals surface area contributed by atoms with Crippen LogP contribution < -0.4 is 0 Å². The molecule has 0 atom stereocenters. The van der Waals surface area contributed by atoms with E-state index in [1.807, 2.05) is 0 Å². The Hall–Kier alpha value is -9.76. The number of hydrogen-bond acceptors (Lipinski definition) is 0. The minimum absolute atomic E-state index is 0.148. The summed E-state index contributed by atoms with van der Waals surface area (Å²) in [5.41, 5.74) is 17.3. The van der Waals surface area contributed by atoms with Gasteiger partial charge in [0, 0.05) is 11.4 Å². The molecule has 0 bridgehead atoms. The molecule has 0 spiro atoms. The molecule has 0 unspecified atom stereocenters. The quantitative estimate of drug-likeness (QED) is 0.116. The molecule has 366 valence electrons. The minimum atomic E-state index is 0.148. The van der Waals surface area contributed by atoms with Crippen LogP contribution in [0.15, 0.2) is 279 Å². The molecule has 0 amide bonds. The predicted octanol–water partition coefficient (Wildman–Crippen LogP) is 20.5. The third kappa shape index (κ3) is 6.58. The van der Waals surface area contributed by atoms with E-state index >= 15 is 0 Å². The third-order valence-electron chi connectivity index (χ3n) is 16.9. The summed E-state index contributed by atoms with van der Waals surface area (Å²) in [7, 11) is 0. The zero-order valence-electron chi connectivity index (χ0n) is 42.9. The van der Waals surface area contributed by atoms with E-state index in [1.165, 1.54) is 162 Å². The second-order valence-corrected chi connectivity index (χ2v) is 23.3. The Labute approximate surface area is 461 Å². The van der Waals surface area contributed by atoms with Crippen molar-refractivity contribution in [2.24, 2.45) is 0 Å². The normalized spacial score (nSPS) is 12.1. The van der Waals surface area contributed by atoms with Gasteiger partial charge in [-0.3, -0.25) is 0 Å². The fraction of sp³-hybridized carbons (Fsp3) is 0. The van der Waals surface area contributed by atoms with Crippen LogP contribution in [0.1, 0.15) is 0 Å². The van der Waals surface area contributed by atoms with Crippen molar-refractivity contribution in [3.8, 4) is 55.9 Å². The van der Waals surface area contributed by atoms with Crippen LogP contribution in [0.3, 0.4) is 0 Å². The molecule has 0 aliphatic carbocycles. The van der Waals surface area contributed by atoms with E-state index in [0.717, 1.165) is 0 Å². The Bertz CT molecular complexity index is 5250. The van der Waals surface area contributed by atoms with Gasteiger partial charge in [0.05, 0.1) is 5.52 Å². The van der Waals surface area contributed by atoms with Crippen LogP contribution in [0, 0.1) is 0 Å². The number of benzene rings is 14. The SMILES string of the molecule is c1ccc(-n2c3ccccc3c3cc(-c4c5ccccc5c(-c5ccc6[se]c7cccc(-c8c9ccccc9c(-c9ccc%10c(c9)c9ccccc9n%10-c9ccccc9)c9ccccc89)c7c6c5)c5ccccc45)ccc32)cc1. The second kappa shape index (κ2) is 17.4. The van der Waals surface area contributed by atoms with Gasteiger partial charge in [-0.05, 0) is 36.4 Å². The van der Waals surface area contributed by atoms with Crippen LogP contribution in [0.2, 0.25) is 0 Å². The first-order valence-electron chi connectivity index (χ1n) is 27.2. The smallest absolute Gasteiger partial charge is 0.0602 e. The van der Waals surface area contributed by atoms with Gasteiger partial charge in [-0.2, -0.15) is 0 Å². The molecular formula is C76H46N2Se. The molecule has 17 rings (SSSR count). The Morgan fingerprint density at radius 1 is 0.215 bits per heavy atom. The van der Waals surface area contributed by atoms with Crippen LogP contribution in [0.4, 0.5) is 0 Å². The van der Waals surface area contributed by atoms with Crippen molar-refractivity contribution in [1.29, 1.82) is 0 Å². The fourth-order valence-corrected chi connectivity index (χ4v) is 16.0. The van der Waals surface area contributed by atoms with Crippen LogP contribution in [0.25, 0.3) is 162 Å². The van der Waals surface area contributed by atoms with Crippen molar-refractivity contribution >= 4 is 120 Å². The molecule has 0 saturated carbocycles. The number of aromatic nitrogens is 2. The van der Waals surface area contributed by atoms with Crippen molar-refractivity contribution < 1.29 is 0 Å². The van der Waals surface area contributed by atoms with E-state index < -0.39 is 0 Å². The maximum atomic E-state index is 2.53. The number of hydrogen-bond donors (Lipinski definition) is 0. The Morgan fingerprint density at radius 2 is 0.557 bits per heavy atom. The van der Waals surface area contributed by atoms with Gasteiger partial charge < -0.3 is 4.57 Å². The van der Waals surface area contributed by atoms with Crippen molar-refractivity contribution in [2.45, 2.75) is 0 Å². The molecule has 0 radical (unpaired) electrons. The van der Waals surface area contributed by atoms with Gasteiger partial charge in [-0.15, -0.1) is 0 Å². The minimum Gasteiger partial charge on any atom is -0.0602 e. The van der Waals surface area contributed by atoms with E-state index in [2.05, 4.69) is 288 Å². The predicted molar refractivity (Wildman–Crippen MR) is 339 cm³/mol.